The van der Waals surface area contributed by atoms with Crippen LogP contribution in [-0.4, -0.2) is 40.1 Å². The fraction of sp³-hybridized carbons (Fsp3) is 0.400. The quantitative estimate of drug-likeness (QED) is 0.419. The van der Waals surface area contributed by atoms with Crippen LogP contribution in [0.15, 0.2) is 30.3 Å². The first kappa shape index (κ1) is 21.0. The molecule has 9 nitrogen and oxygen atoms in total. The molecule has 1 N–H and O–H groups in total. The molecular formula is C25H24N4O5. The van der Waals surface area contributed by atoms with Crippen molar-refractivity contribution in [2.45, 2.75) is 45.2 Å². The lowest BCUT2D eigenvalue weighted by atomic mass is 9.75. The molecule has 4 atom stereocenters. The number of amides is 3. The van der Waals surface area contributed by atoms with Crippen LogP contribution in [0.25, 0.3) is 0 Å². The largest absolute Gasteiger partial charge is 0.324 e. The highest BCUT2D eigenvalue weighted by atomic mass is 16.6. The average molecular weight is 460 g/mol. The zero-order chi connectivity index (χ0) is 24.1. The first-order valence-corrected chi connectivity index (χ1v) is 11.5. The summed E-state index contributed by atoms with van der Waals surface area (Å²) >= 11 is 0. The molecule has 0 aliphatic carbocycles. The van der Waals surface area contributed by atoms with Gasteiger partial charge in [0.1, 0.15) is 5.54 Å². The number of carbonyl (C=O) groups is 3. The molecule has 0 saturated carbocycles. The third-order valence-electron chi connectivity index (χ3n) is 8.41. The first-order valence-electron chi connectivity index (χ1n) is 11.5. The molecule has 1 spiro atoms. The highest BCUT2D eigenvalue weighted by Gasteiger charge is 2.74. The summed E-state index contributed by atoms with van der Waals surface area (Å²) in [5.74, 6) is -2.67. The number of hydrogen-bond acceptors (Lipinski definition) is 6. The van der Waals surface area contributed by atoms with Gasteiger partial charge in [-0.3, -0.25) is 29.4 Å². The van der Waals surface area contributed by atoms with Gasteiger partial charge in [-0.15, -0.1) is 0 Å². The Bertz CT molecular complexity index is 1340. The zero-order valence-electron chi connectivity index (χ0n) is 19.1. The number of anilines is 2. The number of carbonyl (C=O) groups excluding carboxylic acids is 3. The van der Waals surface area contributed by atoms with Crippen LogP contribution in [0.1, 0.15) is 35.1 Å². The van der Waals surface area contributed by atoms with Crippen LogP contribution < -0.4 is 10.2 Å². The third kappa shape index (κ3) is 2.25. The van der Waals surface area contributed by atoms with Crippen LogP contribution in [-0.2, 0) is 19.9 Å². The summed E-state index contributed by atoms with van der Waals surface area (Å²) in [7, 11) is 0. The number of benzene rings is 2. The Kier molecular flexibility index (Phi) is 4.15. The molecule has 2 aromatic rings. The summed E-state index contributed by atoms with van der Waals surface area (Å²) in [6.45, 7) is 6.10. The van der Waals surface area contributed by atoms with Crippen molar-refractivity contribution >= 4 is 34.8 Å². The molecule has 34 heavy (non-hydrogen) atoms. The van der Waals surface area contributed by atoms with E-state index in [2.05, 4.69) is 10.2 Å². The molecule has 0 radical (unpaired) electrons. The smallest absolute Gasteiger partial charge is 0.274 e. The minimum absolute atomic E-state index is 0.151. The van der Waals surface area contributed by atoms with E-state index in [0.29, 0.717) is 6.54 Å². The lowest BCUT2D eigenvalue weighted by Crippen LogP contribution is -2.54. The normalized spacial score (nSPS) is 29.6. The molecule has 3 amide bonds. The van der Waals surface area contributed by atoms with E-state index in [-0.39, 0.29) is 34.8 Å². The minimum Gasteiger partial charge on any atom is -0.324 e. The molecule has 9 heteroatoms. The fourth-order valence-electron chi connectivity index (χ4n) is 6.81. The van der Waals surface area contributed by atoms with Crippen molar-refractivity contribution in [3.8, 4) is 0 Å². The van der Waals surface area contributed by atoms with E-state index in [1.54, 1.807) is 13.0 Å². The Labute approximate surface area is 195 Å². The predicted molar refractivity (Wildman–Crippen MR) is 123 cm³/mol. The van der Waals surface area contributed by atoms with E-state index in [1.807, 2.05) is 26.0 Å². The summed E-state index contributed by atoms with van der Waals surface area (Å²) in [5.41, 5.74) is 2.53. The van der Waals surface area contributed by atoms with Crippen LogP contribution in [0.3, 0.4) is 0 Å². The fourth-order valence-corrected chi connectivity index (χ4v) is 6.81. The third-order valence-corrected chi connectivity index (χ3v) is 8.41. The van der Waals surface area contributed by atoms with Crippen LogP contribution in [0.4, 0.5) is 17.1 Å². The summed E-state index contributed by atoms with van der Waals surface area (Å²) in [6.07, 6.45) is 1.55. The van der Waals surface area contributed by atoms with Crippen LogP contribution in [0.2, 0.25) is 0 Å². The highest BCUT2D eigenvalue weighted by molar-refractivity contribution is 6.26. The number of fused-ring (bicyclic) bond motifs is 7. The van der Waals surface area contributed by atoms with Crippen LogP contribution in [0, 0.1) is 42.7 Å². The molecular weight excluding hydrogens is 436 g/mol. The summed E-state index contributed by atoms with van der Waals surface area (Å²) in [6, 6.07) is 8.04. The van der Waals surface area contributed by atoms with Gasteiger partial charge in [-0.25, -0.2) is 4.90 Å². The van der Waals surface area contributed by atoms with Gasteiger partial charge < -0.3 is 5.32 Å². The van der Waals surface area contributed by atoms with Gasteiger partial charge in [0, 0.05) is 23.4 Å². The van der Waals surface area contributed by atoms with E-state index in [9.17, 15) is 24.5 Å². The molecule has 3 fully saturated rings. The molecule has 6 rings (SSSR count). The Morgan fingerprint density at radius 1 is 1.06 bits per heavy atom. The van der Waals surface area contributed by atoms with Gasteiger partial charge >= 0.3 is 0 Å². The lowest BCUT2D eigenvalue weighted by Gasteiger charge is -2.36. The standard InChI is InChI=1S/C25H24N4O5/c1-12-9-10-15-21(13(12)2)26-24(32)25(15)20-19(18-8-5-11-27(18)25)22(30)28(23(20)31)16-6-4-7-17(14(16)3)29(33)34/h4,6-7,9-10,18-20H,5,8,11H2,1-3H3,(H,26,32)/t18-,19+,20-,25+/m0/s1. The molecule has 3 saturated heterocycles. The maximum absolute atomic E-state index is 14.1. The zero-order valence-corrected chi connectivity index (χ0v) is 19.1. The highest BCUT2D eigenvalue weighted by Crippen LogP contribution is 2.61. The Balaban J connectivity index is 1.56. The second-order valence-corrected chi connectivity index (χ2v) is 9.75. The SMILES string of the molecule is Cc1ccc2c(c1C)NC(=O)[C@]21[C@@H]2C(=O)N(c3cccc([N+](=O)[O-])c3C)C(=O)[C@@H]2[C@@H]2CCCN21. The summed E-state index contributed by atoms with van der Waals surface area (Å²) < 4.78 is 0. The number of aryl methyl sites for hydroxylation is 1. The Hall–Kier alpha value is -3.59. The molecule has 4 aliphatic heterocycles. The lowest BCUT2D eigenvalue weighted by molar-refractivity contribution is -0.385. The number of rotatable bonds is 2. The topological polar surface area (TPSA) is 113 Å². The van der Waals surface area contributed by atoms with Crippen LogP contribution >= 0.6 is 0 Å². The second-order valence-electron chi connectivity index (χ2n) is 9.75. The predicted octanol–water partition coefficient (Wildman–Crippen LogP) is 2.95. The van der Waals surface area contributed by atoms with Crippen molar-refractivity contribution in [2.75, 3.05) is 16.8 Å². The van der Waals surface area contributed by atoms with Gasteiger partial charge in [-0.2, -0.15) is 0 Å². The van der Waals surface area contributed by atoms with Gasteiger partial charge in [0.2, 0.25) is 17.7 Å². The van der Waals surface area contributed by atoms with Crippen molar-refractivity contribution in [2.24, 2.45) is 11.8 Å². The van der Waals surface area contributed by atoms with Gasteiger partial charge in [0.05, 0.1) is 28.0 Å². The summed E-state index contributed by atoms with van der Waals surface area (Å²) in [4.78, 5) is 55.8. The number of hydrogen-bond donors (Lipinski definition) is 1. The Morgan fingerprint density at radius 3 is 2.56 bits per heavy atom. The Morgan fingerprint density at radius 2 is 1.82 bits per heavy atom. The van der Waals surface area contributed by atoms with Crippen LogP contribution in [0.5, 0.6) is 0 Å². The van der Waals surface area contributed by atoms with Gasteiger partial charge in [-0.1, -0.05) is 18.2 Å². The molecule has 0 aromatic heterocycles. The molecule has 174 valence electrons. The average Bonchev–Trinajstić information content (AvgIpc) is 3.50. The monoisotopic (exact) mass is 460 g/mol. The number of nitro benzene ring substituents is 1. The summed E-state index contributed by atoms with van der Waals surface area (Å²) in [5, 5.41) is 14.5. The molecule has 0 bridgehead atoms. The van der Waals surface area contributed by atoms with Crippen molar-refractivity contribution in [3.63, 3.8) is 0 Å². The van der Waals surface area contributed by atoms with Gasteiger partial charge in [0.25, 0.3) is 5.69 Å². The van der Waals surface area contributed by atoms with E-state index >= 15 is 0 Å². The van der Waals surface area contributed by atoms with E-state index in [0.717, 1.165) is 40.1 Å². The maximum atomic E-state index is 14.1. The number of nitrogens with one attached hydrogen (secondary N) is 1. The van der Waals surface area contributed by atoms with E-state index in [1.165, 1.54) is 12.1 Å². The van der Waals surface area contributed by atoms with Gasteiger partial charge in [0.15, 0.2) is 0 Å². The van der Waals surface area contributed by atoms with Crippen molar-refractivity contribution in [1.29, 1.82) is 0 Å². The number of nitro groups is 1. The molecule has 4 aliphatic rings. The number of imide groups is 1. The van der Waals surface area contributed by atoms with E-state index in [4.69, 9.17) is 0 Å². The molecule has 2 aromatic carbocycles. The van der Waals surface area contributed by atoms with E-state index < -0.39 is 28.2 Å². The van der Waals surface area contributed by atoms with Crippen molar-refractivity contribution in [1.82, 2.24) is 4.90 Å². The van der Waals surface area contributed by atoms with Gasteiger partial charge in [-0.05, 0) is 57.4 Å². The molecule has 0 unspecified atom stereocenters. The first-order chi connectivity index (χ1) is 16.2. The maximum Gasteiger partial charge on any atom is 0.274 e. The minimum atomic E-state index is -1.25. The van der Waals surface area contributed by atoms with Crippen molar-refractivity contribution in [3.05, 3.63) is 62.7 Å². The second kappa shape index (κ2) is 6.73. The van der Waals surface area contributed by atoms with Crippen molar-refractivity contribution < 1.29 is 19.3 Å². The molecule has 4 heterocycles. The number of nitrogens with zero attached hydrogens (tertiary/aromatic N) is 3.